The van der Waals surface area contributed by atoms with Crippen molar-refractivity contribution in [3.63, 3.8) is 0 Å². The zero-order valence-corrected chi connectivity index (χ0v) is 10.4. The number of hydrogen-bond donors (Lipinski definition) is 1. The lowest BCUT2D eigenvalue weighted by molar-refractivity contribution is 0.415. The molecule has 0 fully saturated rings. The fraction of sp³-hybridized carbons (Fsp3) is 0.0667. The lowest BCUT2D eigenvalue weighted by Crippen LogP contribution is -2.09. The summed E-state index contributed by atoms with van der Waals surface area (Å²) in [5.74, 6) is 0.725. The molecule has 3 rings (SSSR count). The van der Waals surface area contributed by atoms with Gasteiger partial charge in [0, 0.05) is 17.1 Å². The standard InChI is InChI=1S/C15H12N2O2/c1-19-12-6-2-4-10(8-12)13-9-11-5-3-7-16-14(11)17-15(13)18/h2-9H,1H3,(H,16,17,18). The number of benzene rings is 1. The Morgan fingerprint density at radius 1 is 1.16 bits per heavy atom. The number of nitrogens with zero attached hydrogens (tertiary/aromatic N) is 1. The fourth-order valence-electron chi connectivity index (χ4n) is 2.04. The van der Waals surface area contributed by atoms with Gasteiger partial charge in [-0.2, -0.15) is 0 Å². The number of hydrogen-bond acceptors (Lipinski definition) is 3. The number of aromatic nitrogens is 2. The van der Waals surface area contributed by atoms with Gasteiger partial charge in [-0.1, -0.05) is 12.1 Å². The number of rotatable bonds is 2. The predicted octanol–water partition coefficient (Wildman–Crippen LogP) is 2.60. The molecule has 0 atom stereocenters. The average molecular weight is 252 g/mol. The largest absolute Gasteiger partial charge is 0.497 e. The maximum Gasteiger partial charge on any atom is 0.257 e. The molecular formula is C15H12N2O2. The first-order valence-corrected chi connectivity index (χ1v) is 5.90. The zero-order chi connectivity index (χ0) is 13.2. The van der Waals surface area contributed by atoms with E-state index in [1.807, 2.05) is 42.5 Å². The van der Waals surface area contributed by atoms with Crippen molar-refractivity contribution in [3.05, 3.63) is 59.0 Å². The van der Waals surface area contributed by atoms with Crippen LogP contribution in [0.2, 0.25) is 0 Å². The van der Waals surface area contributed by atoms with Gasteiger partial charge < -0.3 is 9.72 Å². The lowest BCUT2D eigenvalue weighted by atomic mass is 10.1. The van der Waals surface area contributed by atoms with E-state index >= 15 is 0 Å². The van der Waals surface area contributed by atoms with Crippen molar-refractivity contribution in [2.75, 3.05) is 7.11 Å². The zero-order valence-electron chi connectivity index (χ0n) is 10.4. The summed E-state index contributed by atoms with van der Waals surface area (Å²) in [4.78, 5) is 19.0. The summed E-state index contributed by atoms with van der Waals surface area (Å²) in [6.07, 6.45) is 1.66. The Morgan fingerprint density at radius 2 is 2.05 bits per heavy atom. The molecule has 0 spiro atoms. The van der Waals surface area contributed by atoms with Crippen LogP contribution < -0.4 is 10.3 Å². The number of aromatic amines is 1. The number of H-pyrrole nitrogens is 1. The third kappa shape index (κ3) is 2.08. The number of pyridine rings is 2. The number of methoxy groups -OCH3 is 1. The maximum absolute atomic E-state index is 12.1. The van der Waals surface area contributed by atoms with E-state index in [-0.39, 0.29) is 5.56 Å². The van der Waals surface area contributed by atoms with Crippen LogP contribution in [-0.2, 0) is 0 Å². The first-order chi connectivity index (χ1) is 9.28. The van der Waals surface area contributed by atoms with Crippen LogP contribution in [0.3, 0.4) is 0 Å². The summed E-state index contributed by atoms with van der Waals surface area (Å²) >= 11 is 0. The molecule has 0 saturated heterocycles. The minimum Gasteiger partial charge on any atom is -0.497 e. The summed E-state index contributed by atoms with van der Waals surface area (Å²) < 4.78 is 5.18. The maximum atomic E-state index is 12.1. The van der Waals surface area contributed by atoms with Crippen LogP contribution in [0.15, 0.2) is 53.5 Å². The molecule has 0 aliphatic rings. The summed E-state index contributed by atoms with van der Waals surface area (Å²) in [7, 11) is 1.60. The Bertz CT molecular complexity index is 793. The highest BCUT2D eigenvalue weighted by Crippen LogP contribution is 2.22. The SMILES string of the molecule is COc1cccc(-c2cc3cccnc3[nH]c2=O)c1. The highest BCUT2D eigenvalue weighted by atomic mass is 16.5. The fourth-order valence-corrected chi connectivity index (χ4v) is 2.04. The minimum atomic E-state index is -0.153. The molecule has 0 bridgehead atoms. The molecular weight excluding hydrogens is 240 g/mol. The van der Waals surface area contributed by atoms with E-state index in [4.69, 9.17) is 4.74 Å². The van der Waals surface area contributed by atoms with Crippen LogP contribution in [0.5, 0.6) is 5.75 Å². The average Bonchev–Trinajstić information content (AvgIpc) is 2.46. The van der Waals surface area contributed by atoms with Crippen LogP contribution in [0.1, 0.15) is 0 Å². The molecule has 1 aromatic carbocycles. The van der Waals surface area contributed by atoms with Gasteiger partial charge >= 0.3 is 0 Å². The van der Waals surface area contributed by atoms with Crippen LogP contribution in [0, 0.1) is 0 Å². The Hall–Kier alpha value is -2.62. The van der Waals surface area contributed by atoms with E-state index in [0.717, 1.165) is 16.7 Å². The number of ether oxygens (including phenoxy) is 1. The third-order valence-corrected chi connectivity index (χ3v) is 3.00. The Morgan fingerprint density at radius 3 is 2.89 bits per heavy atom. The number of fused-ring (bicyclic) bond motifs is 1. The second kappa shape index (κ2) is 4.57. The van der Waals surface area contributed by atoms with Gasteiger partial charge in [-0.3, -0.25) is 4.79 Å². The second-order valence-corrected chi connectivity index (χ2v) is 4.19. The Balaban J connectivity index is 2.24. The quantitative estimate of drug-likeness (QED) is 0.762. The molecule has 2 aromatic heterocycles. The van der Waals surface area contributed by atoms with Gasteiger partial charge in [0.15, 0.2) is 0 Å². The van der Waals surface area contributed by atoms with E-state index in [2.05, 4.69) is 9.97 Å². The molecule has 0 saturated carbocycles. The van der Waals surface area contributed by atoms with Gasteiger partial charge in [0.25, 0.3) is 5.56 Å². The smallest absolute Gasteiger partial charge is 0.257 e. The molecule has 2 heterocycles. The van der Waals surface area contributed by atoms with Crippen molar-refractivity contribution in [3.8, 4) is 16.9 Å². The molecule has 3 aromatic rings. The molecule has 94 valence electrons. The first kappa shape index (κ1) is 11.5. The van der Waals surface area contributed by atoms with Gasteiger partial charge in [0.2, 0.25) is 0 Å². The highest BCUT2D eigenvalue weighted by Gasteiger charge is 2.06. The van der Waals surface area contributed by atoms with Crippen molar-refractivity contribution in [2.24, 2.45) is 0 Å². The predicted molar refractivity (Wildman–Crippen MR) is 74.4 cm³/mol. The summed E-state index contributed by atoms with van der Waals surface area (Å²) in [5, 5.41) is 0.903. The Kier molecular flexibility index (Phi) is 2.76. The minimum absolute atomic E-state index is 0.153. The molecule has 0 unspecified atom stereocenters. The lowest BCUT2D eigenvalue weighted by Gasteiger charge is -2.05. The summed E-state index contributed by atoms with van der Waals surface area (Å²) in [6.45, 7) is 0. The van der Waals surface area contributed by atoms with Gasteiger partial charge in [-0.05, 0) is 35.9 Å². The van der Waals surface area contributed by atoms with E-state index in [1.54, 1.807) is 13.3 Å². The summed E-state index contributed by atoms with van der Waals surface area (Å²) in [5.41, 5.74) is 1.88. The number of nitrogens with one attached hydrogen (secondary N) is 1. The molecule has 19 heavy (non-hydrogen) atoms. The highest BCUT2D eigenvalue weighted by molar-refractivity contribution is 5.80. The second-order valence-electron chi connectivity index (χ2n) is 4.19. The first-order valence-electron chi connectivity index (χ1n) is 5.90. The van der Waals surface area contributed by atoms with Crippen molar-refractivity contribution in [1.29, 1.82) is 0 Å². The van der Waals surface area contributed by atoms with Crippen molar-refractivity contribution >= 4 is 11.0 Å². The van der Waals surface area contributed by atoms with Crippen LogP contribution in [0.25, 0.3) is 22.2 Å². The molecule has 0 amide bonds. The van der Waals surface area contributed by atoms with Gasteiger partial charge in [-0.15, -0.1) is 0 Å². The Labute approximate surface area is 109 Å². The van der Waals surface area contributed by atoms with Crippen molar-refractivity contribution in [2.45, 2.75) is 0 Å². The van der Waals surface area contributed by atoms with Crippen LogP contribution in [-0.4, -0.2) is 17.1 Å². The molecule has 1 N–H and O–H groups in total. The normalized spacial score (nSPS) is 10.6. The monoisotopic (exact) mass is 252 g/mol. The van der Waals surface area contributed by atoms with Crippen molar-refractivity contribution < 1.29 is 4.74 Å². The van der Waals surface area contributed by atoms with E-state index in [9.17, 15) is 4.79 Å². The van der Waals surface area contributed by atoms with Crippen LogP contribution in [0.4, 0.5) is 0 Å². The summed E-state index contributed by atoms with van der Waals surface area (Å²) in [6, 6.07) is 13.0. The molecule has 0 aliphatic heterocycles. The topological polar surface area (TPSA) is 55.0 Å². The molecule has 4 heteroatoms. The molecule has 0 aliphatic carbocycles. The van der Waals surface area contributed by atoms with E-state index < -0.39 is 0 Å². The van der Waals surface area contributed by atoms with Crippen LogP contribution >= 0.6 is 0 Å². The molecule has 0 radical (unpaired) electrons. The van der Waals surface area contributed by atoms with E-state index in [0.29, 0.717) is 11.2 Å². The molecule has 4 nitrogen and oxygen atoms in total. The van der Waals surface area contributed by atoms with Gasteiger partial charge in [0.1, 0.15) is 11.4 Å². The third-order valence-electron chi connectivity index (χ3n) is 3.00. The van der Waals surface area contributed by atoms with Gasteiger partial charge in [0.05, 0.1) is 7.11 Å². The van der Waals surface area contributed by atoms with Crippen molar-refractivity contribution in [1.82, 2.24) is 9.97 Å². The van der Waals surface area contributed by atoms with Gasteiger partial charge in [-0.25, -0.2) is 4.98 Å². The van der Waals surface area contributed by atoms with E-state index in [1.165, 1.54) is 0 Å².